The first-order valence-electron chi connectivity index (χ1n) is 11.0. The van der Waals surface area contributed by atoms with Crippen LogP contribution < -0.4 is 20.9 Å². The number of nitrogens with zero attached hydrogens (tertiary/aromatic N) is 1. The first-order chi connectivity index (χ1) is 15.1. The second-order valence-corrected chi connectivity index (χ2v) is 8.17. The van der Waals surface area contributed by atoms with Gasteiger partial charge < -0.3 is 25.6 Å². The average molecular weight is 423 g/mol. The summed E-state index contributed by atoms with van der Waals surface area (Å²) in [5, 5.41) is 8.73. The van der Waals surface area contributed by atoms with E-state index in [9.17, 15) is 9.59 Å². The van der Waals surface area contributed by atoms with Crippen molar-refractivity contribution in [1.29, 1.82) is 0 Å². The lowest BCUT2D eigenvalue weighted by Crippen LogP contribution is -2.33. The third kappa shape index (κ3) is 5.35. The van der Waals surface area contributed by atoms with Crippen LogP contribution in [0.5, 0.6) is 0 Å². The predicted molar refractivity (Wildman–Crippen MR) is 123 cm³/mol. The summed E-state index contributed by atoms with van der Waals surface area (Å²) in [5.74, 6) is -0.139. The van der Waals surface area contributed by atoms with Crippen LogP contribution in [0.1, 0.15) is 41.6 Å². The Labute approximate surface area is 183 Å². The zero-order valence-corrected chi connectivity index (χ0v) is 17.9. The number of para-hydroxylation sites is 1. The number of ether oxygens (including phenoxy) is 1. The first-order valence-corrected chi connectivity index (χ1v) is 11.0. The number of benzene rings is 2. The van der Waals surface area contributed by atoms with E-state index in [4.69, 9.17) is 4.74 Å². The van der Waals surface area contributed by atoms with Gasteiger partial charge in [-0.1, -0.05) is 18.2 Å². The van der Waals surface area contributed by atoms with Crippen LogP contribution >= 0.6 is 0 Å². The van der Waals surface area contributed by atoms with Crippen molar-refractivity contribution in [1.82, 2.24) is 5.32 Å². The van der Waals surface area contributed by atoms with Crippen LogP contribution in [-0.4, -0.2) is 44.3 Å². The number of carbonyl (C=O) groups is 2. The first kappa shape index (κ1) is 21.2. The highest BCUT2D eigenvalue weighted by Crippen LogP contribution is 2.28. The molecule has 2 heterocycles. The van der Waals surface area contributed by atoms with E-state index in [1.807, 2.05) is 43.3 Å². The fourth-order valence-corrected chi connectivity index (χ4v) is 4.13. The van der Waals surface area contributed by atoms with E-state index < -0.39 is 0 Å². The molecule has 0 spiro atoms. The van der Waals surface area contributed by atoms with Crippen molar-refractivity contribution in [3.63, 3.8) is 0 Å². The lowest BCUT2D eigenvalue weighted by atomic mass is 10.1. The summed E-state index contributed by atoms with van der Waals surface area (Å²) >= 11 is 0. The number of anilines is 3. The van der Waals surface area contributed by atoms with Crippen LogP contribution in [0, 0.1) is 6.92 Å². The predicted octanol–water partition coefficient (Wildman–Crippen LogP) is 4.15. The van der Waals surface area contributed by atoms with Crippen molar-refractivity contribution in [3.8, 4) is 0 Å². The molecule has 3 N–H and O–H groups in total. The zero-order valence-electron chi connectivity index (χ0n) is 17.9. The third-order valence-corrected chi connectivity index (χ3v) is 5.85. The molecule has 0 saturated carbocycles. The van der Waals surface area contributed by atoms with E-state index in [-0.39, 0.29) is 18.0 Å². The normalized spacial score (nSPS) is 18.1. The standard InChI is InChI=1S/C24H30N4O3/c1-17-7-2-3-9-21(17)27-24(30)26-18-10-11-22(28-12-4-5-13-28)20(15-18)23(29)25-16-19-8-6-14-31-19/h2-3,7,9-11,15,19H,4-6,8,12-14,16H2,1H3,(H,25,29)(H2,26,27,30)/t19-/m1/s1. The van der Waals surface area contributed by atoms with Gasteiger partial charge in [0.15, 0.2) is 0 Å². The van der Waals surface area contributed by atoms with Crippen molar-refractivity contribution in [2.24, 2.45) is 0 Å². The molecule has 1 atom stereocenters. The minimum Gasteiger partial charge on any atom is -0.376 e. The number of amides is 3. The lowest BCUT2D eigenvalue weighted by Gasteiger charge is -2.22. The Hall–Kier alpha value is -3.06. The Morgan fingerprint density at radius 3 is 2.61 bits per heavy atom. The Morgan fingerprint density at radius 2 is 1.87 bits per heavy atom. The van der Waals surface area contributed by atoms with Gasteiger partial charge in [0.25, 0.3) is 5.91 Å². The highest BCUT2D eigenvalue weighted by atomic mass is 16.5. The lowest BCUT2D eigenvalue weighted by molar-refractivity contribution is 0.0858. The van der Waals surface area contributed by atoms with Gasteiger partial charge in [0.1, 0.15) is 0 Å². The Kier molecular flexibility index (Phi) is 6.72. The molecule has 2 saturated heterocycles. The van der Waals surface area contributed by atoms with Gasteiger partial charge in [0.2, 0.25) is 0 Å². The van der Waals surface area contributed by atoms with E-state index in [1.165, 1.54) is 0 Å². The number of aryl methyl sites for hydroxylation is 1. The van der Waals surface area contributed by atoms with E-state index in [0.717, 1.165) is 62.3 Å². The Morgan fingerprint density at radius 1 is 1.06 bits per heavy atom. The van der Waals surface area contributed by atoms with Gasteiger partial charge in [-0.15, -0.1) is 0 Å². The molecule has 0 bridgehead atoms. The van der Waals surface area contributed by atoms with Gasteiger partial charge in [-0.3, -0.25) is 4.79 Å². The van der Waals surface area contributed by atoms with Gasteiger partial charge in [-0.2, -0.15) is 0 Å². The van der Waals surface area contributed by atoms with Gasteiger partial charge >= 0.3 is 6.03 Å². The summed E-state index contributed by atoms with van der Waals surface area (Å²) in [5.41, 5.74) is 3.80. The van der Waals surface area contributed by atoms with Gasteiger partial charge in [0.05, 0.1) is 11.7 Å². The maximum absolute atomic E-state index is 13.0. The molecular formula is C24H30N4O3. The summed E-state index contributed by atoms with van der Waals surface area (Å²) in [7, 11) is 0. The molecule has 2 fully saturated rings. The van der Waals surface area contributed by atoms with Crippen LogP contribution in [0.4, 0.5) is 21.9 Å². The van der Waals surface area contributed by atoms with Gasteiger partial charge in [-0.25, -0.2) is 4.79 Å². The van der Waals surface area contributed by atoms with E-state index >= 15 is 0 Å². The summed E-state index contributed by atoms with van der Waals surface area (Å²) in [4.78, 5) is 27.8. The maximum Gasteiger partial charge on any atom is 0.323 e. The molecule has 31 heavy (non-hydrogen) atoms. The van der Waals surface area contributed by atoms with Crippen LogP contribution in [0.3, 0.4) is 0 Å². The third-order valence-electron chi connectivity index (χ3n) is 5.85. The number of rotatable bonds is 6. The molecule has 0 radical (unpaired) electrons. The quantitative estimate of drug-likeness (QED) is 0.653. The SMILES string of the molecule is Cc1ccccc1NC(=O)Nc1ccc(N2CCCC2)c(C(=O)NC[C@H]2CCCO2)c1. The second kappa shape index (κ2) is 9.83. The van der Waals surface area contributed by atoms with Crippen LogP contribution in [0.25, 0.3) is 0 Å². The zero-order chi connectivity index (χ0) is 21.6. The fourth-order valence-electron chi connectivity index (χ4n) is 4.13. The smallest absolute Gasteiger partial charge is 0.323 e. The number of hydrogen-bond acceptors (Lipinski definition) is 4. The van der Waals surface area contributed by atoms with Crippen molar-refractivity contribution in [2.45, 2.75) is 38.7 Å². The molecule has 0 aromatic heterocycles. The topological polar surface area (TPSA) is 82.7 Å². The van der Waals surface area contributed by atoms with Crippen molar-refractivity contribution in [3.05, 3.63) is 53.6 Å². The average Bonchev–Trinajstić information content (AvgIpc) is 3.48. The highest BCUT2D eigenvalue weighted by molar-refractivity contribution is 6.04. The van der Waals surface area contributed by atoms with Gasteiger partial charge in [0, 0.05) is 43.3 Å². The molecule has 2 aromatic rings. The number of hydrogen-bond donors (Lipinski definition) is 3. The van der Waals surface area contributed by atoms with Gasteiger partial charge in [-0.05, 0) is 62.4 Å². The summed E-state index contributed by atoms with van der Waals surface area (Å²) in [6, 6.07) is 12.8. The molecule has 2 aromatic carbocycles. The molecule has 7 heteroatoms. The molecule has 7 nitrogen and oxygen atoms in total. The summed E-state index contributed by atoms with van der Waals surface area (Å²) in [6.07, 6.45) is 4.33. The minimum atomic E-state index is -0.339. The molecule has 0 unspecified atom stereocenters. The van der Waals surface area contributed by atoms with Crippen LogP contribution in [-0.2, 0) is 4.74 Å². The van der Waals surface area contributed by atoms with Crippen molar-refractivity contribution < 1.29 is 14.3 Å². The largest absolute Gasteiger partial charge is 0.376 e. The van der Waals surface area contributed by atoms with Crippen molar-refractivity contribution in [2.75, 3.05) is 41.8 Å². The Balaban J connectivity index is 1.48. The number of carbonyl (C=O) groups excluding carboxylic acids is 2. The summed E-state index contributed by atoms with van der Waals surface area (Å²) < 4.78 is 5.62. The molecule has 3 amide bonds. The minimum absolute atomic E-state index is 0.0837. The maximum atomic E-state index is 13.0. The monoisotopic (exact) mass is 422 g/mol. The number of nitrogens with one attached hydrogen (secondary N) is 3. The highest BCUT2D eigenvalue weighted by Gasteiger charge is 2.22. The molecular weight excluding hydrogens is 392 g/mol. The van der Waals surface area contributed by atoms with E-state index in [2.05, 4.69) is 20.9 Å². The fraction of sp³-hybridized carbons (Fsp3) is 0.417. The van der Waals surface area contributed by atoms with Crippen molar-refractivity contribution >= 4 is 29.0 Å². The molecule has 2 aliphatic heterocycles. The van der Waals surface area contributed by atoms with Crippen LogP contribution in [0.15, 0.2) is 42.5 Å². The summed E-state index contributed by atoms with van der Waals surface area (Å²) in [6.45, 7) is 5.08. The Bertz CT molecular complexity index is 934. The molecule has 4 rings (SSSR count). The number of urea groups is 1. The van der Waals surface area contributed by atoms with E-state index in [0.29, 0.717) is 17.8 Å². The second-order valence-electron chi connectivity index (χ2n) is 8.17. The molecule has 164 valence electrons. The molecule has 2 aliphatic rings. The van der Waals surface area contributed by atoms with E-state index in [1.54, 1.807) is 6.07 Å². The van der Waals surface area contributed by atoms with Crippen LogP contribution in [0.2, 0.25) is 0 Å². The molecule has 0 aliphatic carbocycles.